The second-order valence-electron chi connectivity index (χ2n) is 3.37. The number of aromatic nitrogens is 2. The van der Waals surface area contributed by atoms with Gasteiger partial charge in [-0.15, -0.1) is 0 Å². The summed E-state index contributed by atoms with van der Waals surface area (Å²) in [5, 5.41) is -0.259. The van der Waals surface area contributed by atoms with Crippen molar-refractivity contribution in [2.24, 2.45) is 0 Å². The second kappa shape index (κ2) is 5.06. The summed E-state index contributed by atoms with van der Waals surface area (Å²) in [6.07, 6.45) is 1.31. The van der Waals surface area contributed by atoms with Crippen LogP contribution in [0.5, 0.6) is 0 Å². The molecule has 0 saturated carbocycles. The van der Waals surface area contributed by atoms with E-state index in [1.807, 2.05) is 4.72 Å². The van der Waals surface area contributed by atoms with Gasteiger partial charge < -0.3 is 0 Å². The molecule has 0 aliphatic carbocycles. The van der Waals surface area contributed by atoms with Gasteiger partial charge in [-0.25, -0.2) is 13.4 Å². The van der Waals surface area contributed by atoms with Crippen LogP contribution in [0.15, 0.2) is 35.4 Å². The molecule has 0 saturated heterocycles. The van der Waals surface area contributed by atoms with Crippen molar-refractivity contribution in [3.63, 3.8) is 0 Å². The van der Waals surface area contributed by atoms with Crippen LogP contribution in [-0.2, 0) is 10.0 Å². The third kappa shape index (κ3) is 2.96. The Bertz CT molecular complexity index is 724. The number of anilines is 1. The molecule has 1 N–H and O–H groups in total. The Balaban J connectivity index is 2.40. The van der Waals surface area contributed by atoms with Crippen molar-refractivity contribution in [3.8, 4) is 0 Å². The van der Waals surface area contributed by atoms with Crippen LogP contribution in [0.3, 0.4) is 0 Å². The van der Waals surface area contributed by atoms with Gasteiger partial charge >= 0.3 is 0 Å². The van der Waals surface area contributed by atoms with Gasteiger partial charge in [0.15, 0.2) is 0 Å². The minimum absolute atomic E-state index is 0.259. The maximum absolute atomic E-state index is 13.3. The number of sulfonamides is 1. The van der Waals surface area contributed by atoms with E-state index in [1.54, 1.807) is 0 Å². The first-order valence-corrected chi connectivity index (χ1v) is 6.71. The highest BCUT2D eigenvalue weighted by Gasteiger charge is 2.20. The van der Waals surface area contributed by atoms with Gasteiger partial charge in [0.25, 0.3) is 10.0 Å². The summed E-state index contributed by atoms with van der Waals surface area (Å²) < 4.78 is 51.7. The fraction of sp³-hybridized carbons (Fsp3) is 0. The van der Waals surface area contributed by atoms with E-state index in [4.69, 9.17) is 11.6 Å². The lowest BCUT2D eigenvalue weighted by Crippen LogP contribution is -2.15. The average Bonchev–Trinajstić information content (AvgIpc) is 2.33. The largest absolute Gasteiger partial charge is 0.275 e. The molecule has 0 atom stereocenters. The van der Waals surface area contributed by atoms with Crippen molar-refractivity contribution in [1.82, 2.24) is 9.97 Å². The highest BCUT2D eigenvalue weighted by Crippen LogP contribution is 2.22. The predicted molar refractivity (Wildman–Crippen MR) is 64.2 cm³/mol. The van der Waals surface area contributed by atoms with Gasteiger partial charge in [-0.05, 0) is 24.3 Å². The first-order valence-electron chi connectivity index (χ1n) is 4.85. The van der Waals surface area contributed by atoms with Crippen molar-refractivity contribution < 1.29 is 17.2 Å². The first-order chi connectivity index (χ1) is 8.90. The van der Waals surface area contributed by atoms with Gasteiger partial charge in [0, 0.05) is 6.20 Å². The van der Waals surface area contributed by atoms with Gasteiger partial charge in [-0.2, -0.15) is 13.8 Å². The Morgan fingerprint density at radius 1 is 1.21 bits per heavy atom. The molecule has 0 bridgehead atoms. The molecule has 9 heteroatoms. The van der Waals surface area contributed by atoms with E-state index in [9.17, 15) is 17.2 Å². The lowest BCUT2D eigenvalue weighted by molar-refractivity contribution is 0.515. The monoisotopic (exact) mass is 305 g/mol. The fourth-order valence-corrected chi connectivity index (χ4v) is 2.77. The van der Waals surface area contributed by atoms with Gasteiger partial charge in [0.05, 0.1) is 0 Å². The molecule has 0 amide bonds. The number of hydrogen-bond donors (Lipinski definition) is 1. The van der Waals surface area contributed by atoms with E-state index < -0.39 is 27.6 Å². The first kappa shape index (κ1) is 13.6. The number of rotatable bonds is 3. The van der Waals surface area contributed by atoms with Crippen LogP contribution < -0.4 is 4.72 Å². The van der Waals surface area contributed by atoms with Crippen LogP contribution in [0, 0.1) is 11.9 Å². The van der Waals surface area contributed by atoms with Crippen molar-refractivity contribution in [2.45, 2.75) is 4.90 Å². The topological polar surface area (TPSA) is 72.0 Å². The predicted octanol–water partition coefficient (Wildman–Crippen LogP) is 2.21. The lowest BCUT2D eigenvalue weighted by Gasteiger charge is -2.08. The molecule has 0 fully saturated rings. The van der Waals surface area contributed by atoms with E-state index >= 15 is 0 Å². The van der Waals surface area contributed by atoms with E-state index in [2.05, 4.69) is 9.97 Å². The van der Waals surface area contributed by atoms with Crippen LogP contribution in [0.1, 0.15) is 0 Å². The zero-order valence-corrected chi connectivity index (χ0v) is 10.7. The number of pyridine rings is 2. The molecular formula is C10H6ClF2N3O2S. The summed E-state index contributed by atoms with van der Waals surface area (Å²) in [4.78, 5) is 6.15. The van der Waals surface area contributed by atoms with Gasteiger partial charge in [-0.1, -0.05) is 11.6 Å². The molecule has 2 aromatic rings. The number of halogens is 3. The standard InChI is InChI=1S/C10H6ClF2N3O2S/c11-9-7(2-1-5-14-9)19(17,18)16-6-3-4-8(12)15-10(6)13/h1-5,16H. The van der Waals surface area contributed by atoms with Crippen LogP contribution in [0.2, 0.25) is 5.15 Å². The minimum Gasteiger partial charge on any atom is -0.275 e. The summed E-state index contributed by atoms with van der Waals surface area (Å²) in [5.41, 5.74) is -0.485. The number of nitrogens with one attached hydrogen (secondary N) is 1. The number of nitrogens with zero attached hydrogens (tertiary/aromatic N) is 2. The molecule has 0 unspecified atom stereocenters. The third-order valence-corrected chi connectivity index (χ3v) is 3.88. The van der Waals surface area contributed by atoms with E-state index in [0.29, 0.717) is 0 Å². The van der Waals surface area contributed by atoms with Crippen LogP contribution in [-0.4, -0.2) is 18.4 Å². The molecule has 0 aliphatic heterocycles. The quantitative estimate of drug-likeness (QED) is 0.883. The molecule has 19 heavy (non-hydrogen) atoms. The normalized spacial score (nSPS) is 11.3. The average molecular weight is 306 g/mol. The summed E-state index contributed by atoms with van der Waals surface area (Å²) in [5.74, 6) is -2.33. The Hall–Kier alpha value is -1.80. The SMILES string of the molecule is O=S(=O)(Nc1ccc(F)nc1F)c1cccnc1Cl. The maximum atomic E-state index is 13.3. The minimum atomic E-state index is -4.13. The highest BCUT2D eigenvalue weighted by atomic mass is 35.5. The summed E-state index contributed by atoms with van der Waals surface area (Å²) in [7, 11) is -4.13. The van der Waals surface area contributed by atoms with Crippen molar-refractivity contribution in [3.05, 3.63) is 47.5 Å². The Morgan fingerprint density at radius 3 is 2.58 bits per heavy atom. The molecule has 0 aliphatic rings. The molecule has 2 heterocycles. The Morgan fingerprint density at radius 2 is 1.95 bits per heavy atom. The molecule has 5 nitrogen and oxygen atoms in total. The van der Waals surface area contributed by atoms with Gasteiger partial charge in [-0.3, -0.25) is 4.72 Å². The van der Waals surface area contributed by atoms with E-state index in [0.717, 1.165) is 12.1 Å². The third-order valence-electron chi connectivity index (χ3n) is 2.07. The van der Waals surface area contributed by atoms with Crippen LogP contribution in [0.4, 0.5) is 14.5 Å². The van der Waals surface area contributed by atoms with Crippen LogP contribution >= 0.6 is 11.6 Å². The Labute approximate surface area is 112 Å². The second-order valence-corrected chi connectivity index (χ2v) is 5.38. The lowest BCUT2D eigenvalue weighted by atomic mass is 10.4. The fourth-order valence-electron chi connectivity index (χ4n) is 1.26. The van der Waals surface area contributed by atoms with E-state index in [1.165, 1.54) is 18.3 Å². The summed E-state index contributed by atoms with van der Waals surface area (Å²) in [6.45, 7) is 0. The molecule has 0 radical (unpaired) electrons. The molecule has 2 aromatic heterocycles. The van der Waals surface area contributed by atoms with E-state index in [-0.39, 0.29) is 10.0 Å². The zero-order valence-electron chi connectivity index (χ0n) is 9.14. The molecule has 0 aromatic carbocycles. The zero-order chi connectivity index (χ0) is 14.0. The Kier molecular flexibility index (Phi) is 3.63. The van der Waals surface area contributed by atoms with Gasteiger partial charge in [0.1, 0.15) is 15.7 Å². The molecule has 0 spiro atoms. The van der Waals surface area contributed by atoms with Crippen molar-refractivity contribution in [1.29, 1.82) is 0 Å². The van der Waals surface area contributed by atoms with Crippen LogP contribution in [0.25, 0.3) is 0 Å². The van der Waals surface area contributed by atoms with Gasteiger partial charge in [0.2, 0.25) is 11.9 Å². The highest BCUT2D eigenvalue weighted by molar-refractivity contribution is 7.92. The summed E-state index contributed by atoms with van der Waals surface area (Å²) >= 11 is 5.64. The molecule has 2 rings (SSSR count). The smallest absolute Gasteiger partial charge is 0.265 e. The molecular weight excluding hydrogens is 300 g/mol. The van der Waals surface area contributed by atoms with Crippen molar-refractivity contribution in [2.75, 3.05) is 4.72 Å². The maximum Gasteiger partial charge on any atom is 0.265 e. The summed E-state index contributed by atoms with van der Waals surface area (Å²) in [6, 6.07) is 4.30. The molecule has 100 valence electrons. The van der Waals surface area contributed by atoms with Crippen molar-refractivity contribution >= 4 is 27.3 Å². The number of hydrogen-bond acceptors (Lipinski definition) is 4.